The van der Waals surface area contributed by atoms with E-state index in [9.17, 15) is 4.79 Å². The number of para-hydroxylation sites is 2. The molecule has 3 aromatic carbocycles. The van der Waals surface area contributed by atoms with Gasteiger partial charge in [-0.25, -0.2) is 4.98 Å². The molecule has 1 aliphatic rings. The number of methoxy groups -OCH3 is 1. The number of hydrogen-bond donors (Lipinski definition) is 0. The van der Waals surface area contributed by atoms with Crippen LogP contribution in [0.15, 0.2) is 66.7 Å². The third-order valence-corrected chi connectivity index (χ3v) is 6.90. The first-order valence-electron chi connectivity index (χ1n) is 12.1. The average Bonchev–Trinajstić information content (AvgIpc) is 3.44. The van der Waals surface area contributed by atoms with Gasteiger partial charge in [0, 0.05) is 31.1 Å². The van der Waals surface area contributed by atoms with Gasteiger partial charge in [0.15, 0.2) is 0 Å². The molecule has 1 amide bonds. The first-order valence-corrected chi connectivity index (χ1v) is 12.1. The number of ether oxygens (including phenoxy) is 2. The van der Waals surface area contributed by atoms with E-state index >= 15 is 0 Å². The van der Waals surface area contributed by atoms with Crippen molar-refractivity contribution in [2.45, 2.75) is 39.2 Å². The van der Waals surface area contributed by atoms with Crippen LogP contribution >= 0.6 is 0 Å². The van der Waals surface area contributed by atoms with Gasteiger partial charge in [0.2, 0.25) is 5.91 Å². The van der Waals surface area contributed by atoms with Gasteiger partial charge < -0.3 is 18.9 Å². The third-order valence-electron chi connectivity index (χ3n) is 6.90. The number of amides is 1. The lowest BCUT2D eigenvalue weighted by Gasteiger charge is -2.20. The van der Waals surface area contributed by atoms with Crippen LogP contribution in [0.25, 0.3) is 11.0 Å². The van der Waals surface area contributed by atoms with Crippen LogP contribution in [-0.2, 0) is 11.3 Å². The maximum absolute atomic E-state index is 13.1. The van der Waals surface area contributed by atoms with Gasteiger partial charge in [0.05, 0.1) is 24.8 Å². The van der Waals surface area contributed by atoms with Crippen LogP contribution < -0.4 is 14.4 Å². The first kappa shape index (κ1) is 23.0. The number of aromatic nitrogens is 2. The third kappa shape index (κ3) is 4.61. The fourth-order valence-corrected chi connectivity index (χ4v) is 4.87. The van der Waals surface area contributed by atoms with E-state index < -0.39 is 0 Å². The molecule has 1 aliphatic heterocycles. The standard InChI is InChI=1S/C29H31N3O3/c1-20-8-6-11-26(21(20)2)32-19-22(18-28(32)33)29-30-25-9-4-5-10-27(25)31(29)16-7-17-35-24-14-12-23(34-3)13-15-24/h4-6,8-15,22H,7,16-19H2,1-3H3/t22-/m0/s1. The van der Waals surface area contributed by atoms with Gasteiger partial charge in [0.25, 0.3) is 0 Å². The summed E-state index contributed by atoms with van der Waals surface area (Å²) < 4.78 is 13.4. The molecule has 1 fully saturated rings. The van der Waals surface area contributed by atoms with Crippen LogP contribution in [0.4, 0.5) is 5.69 Å². The molecule has 5 rings (SSSR count). The molecule has 4 aromatic rings. The van der Waals surface area contributed by atoms with Crippen LogP contribution in [-0.4, -0.2) is 35.7 Å². The van der Waals surface area contributed by atoms with Gasteiger partial charge in [-0.2, -0.15) is 0 Å². The summed E-state index contributed by atoms with van der Waals surface area (Å²) in [5.41, 5.74) is 5.43. The van der Waals surface area contributed by atoms with Crippen LogP contribution in [0.1, 0.15) is 35.7 Å². The van der Waals surface area contributed by atoms with Gasteiger partial charge in [-0.15, -0.1) is 0 Å². The molecule has 0 radical (unpaired) electrons. The van der Waals surface area contributed by atoms with Gasteiger partial charge in [-0.05, 0) is 73.9 Å². The highest BCUT2D eigenvalue weighted by molar-refractivity contribution is 5.97. The lowest BCUT2D eigenvalue weighted by atomic mass is 10.1. The number of hydrogen-bond acceptors (Lipinski definition) is 4. The monoisotopic (exact) mass is 469 g/mol. The number of aryl methyl sites for hydroxylation is 2. The predicted octanol–water partition coefficient (Wildman–Crippen LogP) is 5.65. The van der Waals surface area contributed by atoms with Crippen molar-refractivity contribution >= 4 is 22.6 Å². The van der Waals surface area contributed by atoms with Crippen molar-refractivity contribution in [2.24, 2.45) is 0 Å². The summed E-state index contributed by atoms with van der Waals surface area (Å²) >= 11 is 0. The predicted molar refractivity (Wildman–Crippen MR) is 138 cm³/mol. The zero-order valence-corrected chi connectivity index (χ0v) is 20.5. The number of carbonyl (C=O) groups excluding carboxylic acids is 1. The highest BCUT2D eigenvalue weighted by Crippen LogP contribution is 2.35. The number of anilines is 1. The maximum Gasteiger partial charge on any atom is 0.227 e. The summed E-state index contributed by atoms with van der Waals surface area (Å²) in [7, 11) is 1.65. The number of carbonyl (C=O) groups is 1. The molecule has 0 unspecified atom stereocenters. The normalized spacial score (nSPS) is 15.7. The fraction of sp³-hybridized carbons (Fsp3) is 0.310. The minimum Gasteiger partial charge on any atom is -0.497 e. The Kier molecular flexibility index (Phi) is 6.45. The molecule has 180 valence electrons. The minimum atomic E-state index is 0.0531. The Morgan fingerprint density at radius 3 is 2.54 bits per heavy atom. The van der Waals surface area contributed by atoms with Gasteiger partial charge in [-0.1, -0.05) is 24.3 Å². The summed E-state index contributed by atoms with van der Waals surface area (Å²) in [5.74, 6) is 2.83. The van der Waals surface area contributed by atoms with E-state index in [1.165, 1.54) is 5.56 Å². The molecule has 0 spiro atoms. The molecule has 35 heavy (non-hydrogen) atoms. The summed E-state index contributed by atoms with van der Waals surface area (Å²) in [6.45, 7) is 6.19. The van der Waals surface area contributed by atoms with Crippen molar-refractivity contribution in [3.63, 3.8) is 0 Å². The Morgan fingerprint density at radius 1 is 0.971 bits per heavy atom. The number of imidazole rings is 1. The number of rotatable bonds is 8. The molecule has 1 atom stereocenters. The van der Waals surface area contributed by atoms with Crippen LogP contribution in [0.3, 0.4) is 0 Å². The molecule has 6 nitrogen and oxygen atoms in total. The highest BCUT2D eigenvalue weighted by atomic mass is 16.5. The Bertz CT molecular complexity index is 1340. The molecular formula is C29H31N3O3. The summed E-state index contributed by atoms with van der Waals surface area (Å²) in [4.78, 5) is 20.0. The molecule has 6 heteroatoms. The van der Waals surface area contributed by atoms with E-state index in [2.05, 4.69) is 30.5 Å². The largest absolute Gasteiger partial charge is 0.497 e. The SMILES string of the molecule is COc1ccc(OCCCn2c([C@H]3CC(=O)N(c4cccc(C)c4C)C3)nc3ccccc32)cc1. The van der Waals surface area contributed by atoms with E-state index in [1.54, 1.807) is 7.11 Å². The maximum atomic E-state index is 13.1. The Morgan fingerprint density at radius 2 is 1.74 bits per heavy atom. The number of nitrogens with zero attached hydrogens (tertiary/aromatic N) is 3. The van der Waals surface area contributed by atoms with Crippen molar-refractivity contribution in [1.82, 2.24) is 9.55 Å². The van der Waals surface area contributed by atoms with Crippen molar-refractivity contribution in [2.75, 3.05) is 25.2 Å². The molecular weight excluding hydrogens is 438 g/mol. The zero-order chi connectivity index (χ0) is 24.4. The molecule has 0 saturated carbocycles. The number of benzene rings is 3. The molecule has 0 N–H and O–H groups in total. The Labute approximate surface area is 206 Å². The molecule has 2 heterocycles. The van der Waals surface area contributed by atoms with Crippen LogP contribution in [0, 0.1) is 13.8 Å². The van der Waals surface area contributed by atoms with E-state index in [4.69, 9.17) is 14.5 Å². The van der Waals surface area contributed by atoms with E-state index in [1.807, 2.05) is 59.5 Å². The van der Waals surface area contributed by atoms with Crippen molar-refractivity contribution < 1.29 is 14.3 Å². The van der Waals surface area contributed by atoms with E-state index in [-0.39, 0.29) is 11.8 Å². The topological polar surface area (TPSA) is 56.6 Å². The second kappa shape index (κ2) is 9.82. The Hall–Kier alpha value is -3.80. The van der Waals surface area contributed by atoms with Gasteiger partial charge >= 0.3 is 0 Å². The van der Waals surface area contributed by atoms with Gasteiger partial charge in [-0.3, -0.25) is 4.79 Å². The fourth-order valence-electron chi connectivity index (χ4n) is 4.87. The quantitative estimate of drug-likeness (QED) is 0.313. The van der Waals surface area contributed by atoms with Gasteiger partial charge in [0.1, 0.15) is 17.3 Å². The molecule has 0 aliphatic carbocycles. The highest BCUT2D eigenvalue weighted by Gasteiger charge is 2.35. The van der Waals surface area contributed by atoms with Crippen molar-refractivity contribution in [3.05, 3.63) is 83.7 Å². The first-order chi connectivity index (χ1) is 17.0. The minimum absolute atomic E-state index is 0.0531. The van der Waals surface area contributed by atoms with Crippen molar-refractivity contribution in [1.29, 1.82) is 0 Å². The molecule has 1 aromatic heterocycles. The summed E-state index contributed by atoms with van der Waals surface area (Å²) in [6, 6.07) is 22.0. The second-order valence-electron chi connectivity index (χ2n) is 9.11. The second-order valence-corrected chi connectivity index (χ2v) is 9.11. The van der Waals surface area contributed by atoms with Crippen LogP contribution in [0.5, 0.6) is 11.5 Å². The van der Waals surface area contributed by atoms with E-state index in [0.29, 0.717) is 19.6 Å². The summed E-state index contributed by atoms with van der Waals surface area (Å²) in [6.07, 6.45) is 1.31. The smallest absolute Gasteiger partial charge is 0.227 e. The summed E-state index contributed by atoms with van der Waals surface area (Å²) in [5, 5.41) is 0. The van der Waals surface area contributed by atoms with Crippen molar-refractivity contribution in [3.8, 4) is 11.5 Å². The average molecular weight is 470 g/mol. The van der Waals surface area contributed by atoms with E-state index in [0.717, 1.165) is 52.6 Å². The van der Waals surface area contributed by atoms with Crippen LogP contribution in [0.2, 0.25) is 0 Å². The lowest BCUT2D eigenvalue weighted by molar-refractivity contribution is -0.117. The zero-order valence-electron chi connectivity index (χ0n) is 20.5. The molecule has 1 saturated heterocycles. The Balaban J connectivity index is 1.34. The number of fused-ring (bicyclic) bond motifs is 1. The lowest BCUT2D eigenvalue weighted by Crippen LogP contribution is -2.25. The molecule has 0 bridgehead atoms.